The molecular formula is C21H26N2O3. The topological polar surface area (TPSA) is 58.6 Å². The second-order valence-electron chi connectivity index (χ2n) is 6.21. The summed E-state index contributed by atoms with van der Waals surface area (Å²) in [5, 5.41) is 2.89. The van der Waals surface area contributed by atoms with Gasteiger partial charge in [0.2, 0.25) is 11.8 Å². The van der Waals surface area contributed by atoms with Crippen LogP contribution < -0.4 is 10.1 Å². The highest BCUT2D eigenvalue weighted by atomic mass is 16.5. The van der Waals surface area contributed by atoms with Crippen LogP contribution >= 0.6 is 0 Å². The number of hydrogen-bond acceptors (Lipinski definition) is 3. The van der Waals surface area contributed by atoms with E-state index < -0.39 is 0 Å². The average molecular weight is 354 g/mol. The number of carbonyl (C=O) groups excluding carboxylic acids is 2. The van der Waals surface area contributed by atoms with Crippen molar-refractivity contribution in [1.82, 2.24) is 10.2 Å². The van der Waals surface area contributed by atoms with E-state index in [9.17, 15) is 9.59 Å². The molecule has 2 rings (SSSR count). The molecule has 26 heavy (non-hydrogen) atoms. The van der Waals surface area contributed by atoms with Crippen molar-refractivity contribution >= 4 is 11.8 Å². The van der Waals surface area contributed by atoms with Crippen LogP contribution in [0.15, 0.2) is 48.5 Å². The lowest BCUT2D eigenvalue weighted by atomic mass is 10.1. The van der Waals surface area contributed by atoms with Crippen LogP contribution in [0.5, 0.6) is 5.75 Å². The van der Waals surface area contributed by atoms with E-state index in [2.05, 4.69) is 5.32 Å². The molecule has 0 fully saturated rings. The van der Waals surface area contributed by atoms with Crippen LogP contribution in [-0.2, 0) is 22.6 Å². The fraction of sp³-hybridized carbons (Fsp3) is 0.333. The second kappa shape index (κ2) is 9.61. The third kappa shape index (κ3) is 5.62. The van der Waals surface area contributed by atoms with Crippen molar-refractivity contribution in [2.75, 3.05) is 20.2 Å². The van der Waals surface area contributed by atoms with E-state index in [-0.39, 0.29) is 11.8 Å². The lowest BCUT2D eigenvalue weighted by Gasteiger charge is -2.22. The number of aryl methyl sites for hydroxylation is 1. The Bertz CT molecular complexity index is 758. The quantitative estimate of drug-likeness (QED) is 0.793. The van der Waals surface area contributed by atoms with Gasteiger partial charge in [-0.05, 0) is 24.1 Å². The average Bonchev–Trinajstić information content (AvgIpc) is 2.63. The zero-order valence-corrected chi connectivity index (χ0v) is 15.6. The van der Waals surface area contributed by atoms with Gasteiger partial charge in [0.1, 0.15) is 5.75 Å². The number of methoxy groups -OCH3 is 1. The van der Waals surface area contributed by atoms with Gasteiger partial charge in [0.15, 0.2) is 0 Å². The van der Waals surface area contributed by atoms with Crippen molar-refractivity contribution < 1.29 is 14.3 Å². The van der Waals surface area contributed by atoms with Crippen LogP contribution in [0.25, 0.3) is 0 Å². The Kier molecular flexibility index (Phi) is 7.21. The van der Waals surface area contributed by atoms with E-state index in [1.54, 1.807) is 12.0 Å². The van der Waals surface area contributed by atoms with E-state index in [1.165, 1.54) is 6.92 Å². The maximum atomic E-state index is 12.1. The number of nitrogens with zero attached hydrogens (tertiary/aromatic N) is 1. The predicted molar refractivity (Wildman–Crippen MR) is 102 cm³/mol. The van der Waals surface area contributed by atoms with Gasteiger partial charge in [-0.3, -0.25) is 9.59 Å². The minimum absolute atomic E-state index is 0.0379. The van der Waals surface area contributed by atoms with Crippen molar-refractivity contribution in [1.29, 1.82) is 0 Å². The van der Waals surface area contributed by atoms with Crippen LogP contribution in [0.3, 0.4) is 0 Å². The highest BCUT2D eigenvalue weighted by Crippen LogP contribution is 2.19. The Hall–Kier alpha value is -2.82. The van der Waals surface area contributed by atoms with Gasteiger partial charge < -0.3 is 15.0 Å². The first-order valence-electron chi connectivity index (χ1n) is 8.70. The van der Waals surface area contributed by atoms with Crippen molar-refractivity contribution in [2.24, 2.45) is 0 Å². The van der Waals surface area contributed by atoms with Gasteiger partial charge in [0, 0.05) is 32.1 Å². The predicted octanol–water partition coefficient (Wildman–Crippen LogP) is 2.71. The number of para-hydroxylation sites is 1. The SMILES string of the molecule is COc1ccccc1CN(CCNC(=O)Cc1ccccc1C)C(C)=O. The molecule has 0 aliphatic rings. The molecule has 2 aromatic carbocycles. The molecule has 2 aromatic rings. The lowest BCUT2D eigenvalue weighted by molar-refractivity contribution is -0.130. The number of rotatable bonds is 8. The van der Waals surface area contributed by atoms with Gasteiger partial charge in [-0.1, -0.05) is 42.5 Å². The maximum Gasteiger partial charge on any atom is 0.224 e. The summed E-state index contributed by atoms with van der Waals surface area (Å²) >= 11 is 0. The van der Waals surface area contributed by atoms with E-state index in [0.717, 1.165) is 22.4 Å². The van der Waals surface area contributed by atoms with Gasteiger partial charge in [-0.25, -0.2) is 0 Å². The molecule has 0 saturated heterocycles. The molecule has 0 radical (unpaired) electrons. The molecule has 0 heterocycles. The number of amides is 2. The highest BCUT2D eigenvalue weighted by molar-refractivity contribution is 5.79. The first-order valence-corrected chi connectivity index (χ1v) is 8.70. The van der Waals surface area contributed by atoms with Gasteiger partial charge in [0.25, 0.3) is 0 Å². The Morgan fingerprint density at radius 1 is 1.04 bits per heavy atom. The van der Waals surface area contributed by atoms with Gasteiger partial charge >= 0.3 is 0 Å². The fourth-order valence-corrected chi connectivity index (χ4v) is 2.76. The van der Waals surface area contributed by atoms with Crippen LogP contribution in [0.2, 0.25) is 0 Å². The summed E-state index contributed by atoms with van der Waals surface area (Å²) in [6, 6.07) is 15.5. The molecule has 5 nitrogen and oxygen atoms in total. The Labute approximate surface area is 155 Å². The molecule has 0 saturated carbocycles. The summed E-state index contributed by atoms with van der Waals surface area (Å²) in [7, 11) is 1.61. The molecular weight excluding hydrogens is 328 g/mol. The van der Waals surface area contributed by atoms with Crippen molar-refractivity contribution in [3.63, 3.8) is 0 Å². The Morgan fingerprint density at radius 3 is 2.35 bits per heavy atom. The number of ether oxygens (including phenoxy) is 1. The van der Waals surface area contributed by atoms with Gasteiger partial charge in [-0.15, -0.1) is 0 Å². The Balaban J connectivity index is 1.87. The zero-order chi connectivity index (χ0) is 18.9. The highest BCUT2D eigenvalue weighted by Gasteiger charge is 2.13. The molecule has 0 atom stereocenters. The van der Waals surface area contributed by atoms with Crippen molar-refractivity contribution in [3.05, 3.63) is 65.2 Å². The third-order valence-corrected chi connectivity index (χ3v) is 4.32. The molecule has 0 aliphatic carbocycles. The Morgan fingerprint density at radius 2 is 1.69 bits per heavy atom. The summed E-state index contributed by atoms with van der Waals surface area (Å²) in [5.74, 6) is 0.673. The van der Waals surface area contributed by atoms with Crippen LogP contribution in [-0.4, -0.2) is 36.9 Å². The summed E-state index contributed by atoms with van der Waals surface area (Å²) < 4.78 is 5.34. The number of benzene rings is 2. The van der Waals surface area contributed by atoms with Crippen LogP contribution in [0, 0.1) is 6.92 Å². The molecule has 0 aliphatic heterocycles. The normalized spacial score (nSPS) is 10.3. The molecule has 0 aromatic heterocycles. The molecule has 1 N–H and O–H groups in total. The van der Waals surface area contributed by atoms with E-state index in [4.69, 9.17) is 4.74 Å². The molecule has 0 unspecified atom stereocenters. The third-order valence-electron chi connectivity index (χ3n) is 4.32. The molecule has 5 heteroatoms. The largest absolute Gasteiger partial charge is 0.496 e. The summed E-state index contributed by atoms with van der Waals surface area (Å²) in [6.07, 6.45) is 0.346. The molecule has 138 valence electrons. The van der Waals surface area contributed by atoms with E-state index >= 15 is 0 Å². The monoisotopic (exact) mass is 354 g/mol. The molecule has 2 amide bonds. The number of carbonyl (C=O) groups is 2. The maximum absolute atomic E-state index is 12.1. The van der Waals surface area contributed by atoms with Crippen molar-refractivity contribution in [2.45, 2.75) is 26.8 Å². The van der Waals surface area contributed by atoms with Gasteiger partial charge in [-0.2, -0.15) is 0 Å². The minimum Gasteiger partial charge on any atom is -0.496 e. The standard InChI is InChI=1S/C21H26N2O3/c1-16-8-4-5-9-18(16)14-21(25)22-12-13-23(17(2)24)15-19-10-6-7-11-20(19)26-3/h4-11H,12-15H2,1-3H3,(H,22,25). The lowest BCUT2D eigenvalue weighted by Crippen LogP contribution is -2.37. The molecule has 0 bridgehead atoms. The fourth-order valence-electron chi connectivity index (χ4n) is 2.76. The number of nitrogens with one attached hydrogen (secondary N) is 1. The minimum atomic E-state index is -0.0416. The summed E-state index contributed by atoms with van der Waals surface area (Å²) in [4.78, 5) is 25.8. The summed E-state index contributed by atoms with van der Waals surface area (Å²) in [6.45, 7) is 4.84. The summed E-state index contributed by atoms with van der Waals surface area (Å²) in [5.41, 5.74) is 3.06. The zero-order valence-electron chi connectivity index (χ0n) is 15.6. The van der Waals surface area contributed by atoms with E-state index in [1.807, 2.05) is 55.5 Å². The molecule has 0 spiro atoms. The van der Waals surface area contributed by atoms with E-state index in [0.29, 0.717) is 26.1 Å². The number of hydrogen-bond donors (Lipinski definition) is 1. The second-order valence-corrected chi connectivity index (χ2v) is 6.21. The smallest absolute Gasteiger partial charge is 0.224 e. The van der Waals surface area contributed by atoms with Gasteiger partial charge in [0.05, 0.1) is 13.5 Å². The first-order chi connectivity index (χ1) is 12.5. The van der Waals surface area contributed by atoms with Crippen LogP contribution in [0.4, 0.5) is 0 Å². The van der Waals surface area contributed by atoms with Crippen molar-refractivity contribution in [3.8, 4) is 5.75 Å². The first kappa shape index (κ1) is 19.5. The van der Waals surface area contributed by atoms with Crippen LogP contribution in [0.1, 0.15) is 23.6 Å².